The van der Waals surface area contributed by atoms with Gasteiger partial charge in [-0.05, 0) is 43.9 Å². The highest BCUT2D eigenvalue weighted by atomic mass is 35.5. The van der Waals surface area contributed by atoms with Crippen LogP contribution in [0.5, 0.6) is 0 Å². The van der Waals surface area contributed by atoms with Gasteiger partial charge in [-0.3, -0.25) is 0 Å². The summed E-state index contributed by atoms with van der Waals surface area (Å²) in [5.74, 6) is 0.805. The Kier molecular flexibility index (Phi) is 2.97. The Morgan fingerprint density at radius 1 is 1.41 bits per heavy atom. The van der Waals surface area contributed by atoms with Gasteiger partial charge in [-0.25, -0.2) is 4.98 Å². The number of aromatic nitrogens is 1. The lowest BCUT2D eigenvalue weighted by Crippen LogP contribution is -2.39. The number of anilines is 1. The van der Waals surface area contributed by atoms with E-state index in [4.69, 9.17) is 11.6 Å². The molecule has 3 heterocycles. The average Bonchev–Trinajstić information content (AvgIpc) is 2.71. The molecule has 0 aromatic carbocycles. The Bertz CT molecular complexity index is 421. The SMILES string of the molecule is Cc1cc(NC2CCN3CCC2C3)cnc1Cl. The molecular weight excluding hydrogens is 234 g/mol. The van der Waals surface area contributed by atoms with Gasteiger partial charge in [0.2, 0.25) is 0 Å². The van der Waals surface area contributed by atoms with E-state index in [0.29, 0.717) is 11.2 Å². The molecule has 92 valence electrons. The molecule has 4 heteroatoms. The number of aryl methyl sites for hydroxylation is 1. The summed E-state index contributed by atoms with van der Waals surface area (Å²) in [4.78, 5) is 6.76. The molecule has 0 spiro atoms. The van der Waals surface area contributed by atoms with Gasteiger partial charge in [0.25, 0.3) is 0 Å². The van der Waals surface area contributed by atoms with Gasteiger partial charge >= 0.3 is 0 Å². The van der Waals surface area contributed by atoms with E-state index in [9.17, 15) is 0 Å². The summed E-state index contributed by atoms with van der Waals surface area (Å²) >= 11 is 5.94. The number of nitrogens with one attached hydrogen (secondary N) is 1. The Balaban J connectivity index is 1.71. The molecule has 3 nitrogen and oxygen atoms in total. The van der Waals surface area contributed by atoms with E-state index in [0.717, 1.165) is 17.2 Å². The predicted octanol–water partition coefficient (Wildman–Crippen LogP) is 2.55. The molecule has 17 heavy (non-hydrogen) atoms. The van der Waals surface area contributed by atoms with Crippen LogP contribution in [0.2, 0.25) is 5.15 Å². The third kappa shape index (κ3) is 2.26. The van der Waals surface area contributed by atoms with Crippen molar-refractivity contribution in [2.24, 2.45) is 5.92 Å². The molecule has 2 bridgehead atoms. The molecular formula is C13H18ClN3. The maximum absolute atomic E-state index is 5.94. The summed E-state index contributed by atoms with van der Waals surface area (Å²) in [6.45, 7) is 5.77. The van der Waals surface area contributed by atoms with Crippen LogP contribution in [0.3, 0.4) is 0 Å². The fraction of sp³-hybridized carbons (Fsp3) is 0.615. The van der Waals surface area contributed by atoms with Crippen molar-refractivity contribution in [3.63, 3.8) is 0 Å². The predicted molar refractivity (Wildman–Crippen MR) is 70.6 cm³/mol. The van der Waals surface area contributed by atoms with Crippen molar-refractivity contribution < 1.29 is 0 Å². The third-order valence-electron chi connectivity index (χ3n) is 4.00. The lowest BCUT2D eigenvalue weighted by molar-refractivity contribution is 0.255. The average molecular weight is 252 g/mol. The lowest BCUT2D eigenvalue weighted by atomic mass is 9.94. The van der Waals surface area contributed by atoms with Crippen LogP contribution < -0.4 is 5.32 Å². The van der Waals surface area contributed by atoms with Crippen LogP contribution in [-0.2, 0) is 0 Å². The highest BCUT2D eigenvalue weighted by Crippen LogP contribution is 2.29. The molecule has 3 unspecified atom stereocenters. The molecule has 2 aliphatic heterocycles. The van der Waals surface area contributed by atoms with E-state index in [2.05, 4.69) is 21.3 Å². The van der Waals surface area contributed by atoms with Crippen LogP contribution in [-0.4, -0.2) is 35.6 Å². The van der Waals surface area contributed by atoms with Gasteiger partial charge in [0, 0.05) is 19.1 Å². The van der Waals surface area contributed by atoms with E-state index in [1.54, 1.807) is 0 Å². The number of rotatable bonds is 2. The van der Waals surface area contributed by atoms with E-state index >= 15 is 0 Å². The molecule has 2 fully saturated rings. The zero-order valence-corrected chi connectivity index (χ0v) is 10.9. The Hall–Kier alpha value is -0.800. The monoisotopic (exact) mass is 251 g/mol. The van der Waals surface area contributed by atoms with Crippen molar-refractivity contribution in [1.29, 1.82) is 0 Å². The van der Waals surface area contributed by atoms with Gasteiger partial charge in [-0.2, -0.15) is 0 Å². The fourth-order valence-electron chi connectivity index (χ4n) is 2.99. The normalized spacial score (nSPS) is 31.5. The molecule has 2 aliphatic rings. The van der Waals surface area contributed by atoms with Gasteiger partial charge in [-0.15, -0.1) is 0 Å². The minimum atomic E-state index is 0.603. The molecule has 2 saturated heterocycles. The van der Waals surface area contributed by atoms with Crippen LogP contribution in [0, 0.1) is 12.8 Å². The second-order valence-corrected chi connectivity index (χ2v) is 5.58. The van der Waals surface area contributed by atoms with Crippen molar-refractivity contribution in [2.45, 2.75) is 25.8 Å². The van der Waals surface area contributed by atoms with Gasteiger partial charge in [0.1, 0.15) is 5.15 Å². The topological polar surface area (TPSA) is 28.2 Å². The largest absolute Gasteiger partial charge is 0.381 e. The van der Waals surface area contributed by atoms with Crippen LogP contribution in [0.1, 0.15) is 18.4 Å². The number of hydrogen-bond donors (Lipinski definition) is 1. The summed E-state index contributed by atoms with van der Waals surface area (Å²) in [7, 11) is 0. The van der Waals surface area contributed by atoms with Crippen LogP contribution in [0.4, 0.5) is 5.69 Å². The molecule has 1 N–H and O–H groups in total. The van der Waals surface area contributed by atoms with Crippen molar-refractivity contribution in [2.75, 3.05) is 25.0 Å². The van der Waals surface area contributed by atoms with E-state index in [-0.39, 0.29) is 0 Å². The first kappa shape index (κ1) is 11.3. The van der Waals surface area contributed by atoms with Gasteiger partial charge in [0.05, 0.1) is 11.9 Å². The Morgan fingerprint density at radius 2 is 2.24 bits per heavy atom. The van der Waals surface area contributed by atoms with Gasteiger partial charge < -0.3 is 10.2 Å². The number of pyridine rings is 1. The second kappa shape index (κ2) is 4.46. The number of piperidine rings is 1. The summed E-state index contributed by atoms with van der Waals surface area (Å²) in [5, 5.41) is 4.23. The van der Waals surface area contributed by atoms with Crippen molar-refractivity contribution in [3.8, 4) is 0 Å². The molecule has 3 atom stereocenters. The van der Waals surface area contributed by atoms with E-state index in [1.165, 1.54) is 32.5 Å². The van der Waals surface area contributed by atoms with Gasteiger partial charge in [-0.1, -0.05) is 11.6 Å². The number of halogens is 1. The first-order valence-corrected chi connectivity index (χ1v) is 6.71. The van der Waals surface area contributed by atoms with Crippen LogP contribution >= 0.6 is 11.6 Å². The zero-order valence-electron chi connectivity index (χ0n) is 10.1. The number of hydrogen-bond acceptors (Lipinski definition) is 3. The van der Waals surface area contributed by atoms with Crippen molar-refractivity contribution in [3.05, 3.63) is 23.0 Å². The van der Waals surface area contributed by atoms with E-state index in [1.807, 2.05) is 13.1 Å². The second-order valence-electron chi connectivity index (χ2n) is 5.22. The third-order valence-corrected chi connectivity index (χ3v) is 4.40. The number of nitrogens with zero attached hydrogens (tertiary/aromatic N) is 2. The molecule has 1 aromatic heterocycles. The zero-order chi connectivity index (χ0) is 11.8. The van der Waals surface area contributed by atoms with E-state index < -0.39 is 0 Å². The minimum Gasteiger partial charge on any atom is -0.381 e. The van der Waals surface area contributed by atoms with Crippen LogP contribution in [0.15, 0.2) is 12.3 Å². The highest BCUT2D eigenvalue weighted by molar-refractivity contribution is 6.30. The summed E-state index contributed by atoms with van der Waals surface area (Å²) < 4.78 is 0. The summed E-state index contributed by atoms with van der Waals surface area (Å²) in [6.07, 6.45) is 4.42. The molecule has 0 aliphatic carbocycles. The molecule has 3 rings (SSSR count). The number of fused-ring (bicyclic) bond motifs is 2. The molecule has 1 aromatic rings. The van der Waals surface area contributed by atoms with Crippen molar-refractivity contribution >= 4 is 17.3 Å². The quantitative estimate of drug-likeness (QED) is 0.819. The standard InChI is InChI=1S/C13H18ClN3/c1-9-6-11(7-15-13(9)14)16-12-3-5-17-4-2-10(12)8-17/h6-7,10,12,16H,2-5,8H2,1H3. The Labute approximate surface area is 107 Å². The Morgan fingerprint density at radius 3 is 3.06 bits per heavy atom. The minimum absolute atomic E-state index is 0.603. The molecule has 0 saturated carbocycles. The smallest absolute Gasteiger partial charge is 0.132 e. The summed E-state index contributed by atoms with van der Waals surface area (Å²) in [6, 6.07) is 2.70. The molecule has 0 radical (unpaired) electrons. The van der Waals surface area contributed by atoms with Gasteiger partial charge in [0.15, 0.2) is 0 Å². The van der Waals surface area contributed by atoms with Crippen molar-refractivity contribution in [1.82, 2.24) is 9.88 Å². The fourth-order valence-corrected chi connectivity index (χ4v) is 3.10. The summed E-state index contributed by atoms with van der Waals surface area (Å²) in [5.41, 5.74) is 2.15. The van der Waals surface area contributed by atoms with Crippen LogP contribution in [0.25, 0.3) is 0 Å². The first-order valence-electron chi connectivity index (χ1n) is 6.33. The first-order chi connectivity index (χ1) is 8.22. The maximum atomic E-state index is 5.94. The molecule has 0 amide bonds. The highest BCUT2D eigenvalue weighted by Gasteiger charge is 2.34. The lowest BCUT2D eigenvalue weighted by Gasteiger charge is -2.31. The maximum Gasteiger partial charge on any atom is 0.132 e.